The molecule has 0 spiro atoms. The van der Waals surface area contributed by atoms with E-state index in [4.69, 9.17) is 5.11 Å². The van der Waals surface area contributed by atoms with Crippen LogP contribution in [0.1, 0.15) is 60.4 Å². The smallest absolute Gasteiger partial charge is 0.303 e. The second-order valence-electron chi connectivity index (χ2n) is 6.63. The summed E-state index contributed by atoms with van der Waals surface area (Å²) in [6.07, 6.45) is 2.20. The Hall–Kier alpha value is -0.900. The van der Waals surface area contributed by atoms with Crippen molar-refractivity contribution in [2.24, 2.45) is 11.8 Å². The van der Waals surface area contributed by atoms with Gasteiger partial charge in [-0.15, -0.1) is 11.3 Å². The number of alkyl halides is 1. The average Bonchev–Trinajstić information content (AvgIpc) is 2.66. The standard InChI is InChI=1S/C18H29FO2S/c1-11(10-18(20)21)6-9-17(19)12(2)7-8-16-13(3)14(4)22-15(16)5/h11-12,17H,6-10H2,1-5H3,(H,20,21). The van der Waals surface area contributed by atoms with Gasteiger partial charge in [0.25, 0.3) is 0 Å². The van der Waals surface area contributed by atoms with E-state index in [9.17, 15) is 9.18 Å². The molecule has 0 aliphatic heterocycles. The highest BCUT2D eigenvalue weighted by Crippen LogP contribution is 2.29. The molecule has 0 fully saturated rings. The van der Waals surface area contributed by atoms with Gasteiger partial charge in [0.15, 0.2) is 0 Å². The van der Waals surface area contributed by atoms with E-state index in [1.165, 1.54) is 20.9 Å². The van der Waals surface area contributed by atoms with Crippen LogP contribution in [0.5, 0.6) is 0 Å². The number of carboxylic acid groups (broad SMARTS) is 1. The molecule has 0 aliphatic carbocycles. The van der Waals surface area contributed by atoms with Crippen molar-refractivity contribution in [3.05, 3.63) is 20.9 Å². The fourth-order valence-corrected chi connectivity index (χ4v) is 4.00. The molecule has 4 heteroatoms. The molecule has 1 heterocycles. The number of hydrogen-bond donors (Lipinski definition) is 1. The molecule has 1 N–H and O–H groups in total. The van der Waals surface area contributed by atoms with Crippen LogP contribution in [0.25, 0.3) is 0 Å². The Labute approximate surface area is 137 Å². The van der Waals surface area contributed by atoms with Gasteiger partial charge in [-0.25, -0.2) is 4.39 Å². The van der Waals surface area contributed by atoms with Gasteiger partial charge >= 0.3 is 5.97 Å². The first-order valence-electron chi connectivity index (χ1n) is 8.13. The van der Waals surface area contributed by atoms with E-state index in [2.05, 4.69) is 20.8 Å². The molecule has 0 aromatic carbocycles. The Morgan fingerprint density at radius 3 is 2.27 bits per heavy atom. The first-order valence-corrected chi connectivity index (χ1v) is 8.95. The summed E-state index contributed by atoms with van der Waals surface area (Å²) in [5.41, 5.74) is 2.75. The molecule has 3 unspecified atom stereocenters. The quantitative estimate of drug-likeness (QED) is 0.652. The number of halogens is 1. The topological polar surface area (TPSA) is 37.3 Å². The number of carboxylic acids is 1. The number of rotatable bonds is 9. The summed E-state index contributed by atoms with van der Waals surface area (Å²) in [5, 5.41) is 8.73. The number of thiophene rings is 1. The van der Waals surface area contributed by atoms with Crippen molar-refractivity contribution >= 4 is 17.3 Å². The van der Waals surface area contributed by atoms with E-state index in [0.717, 1.165) is 12.8 Å². The summed E-state index contributed by atoms with van der Waals surface area (Å²) in [7, 11) is 0. The number of aryl methyl sites for hydroxylation is 2. The molecule has 0 bridgehead atoms. The van der Waals surface area contributed by atoms with E-state index in [1.54, 1.807) is 0 Å². The molecule has 1 aromatic heterocycles. The molecule has 1 rings (SSSR count). The summed E-state index contributed by atoms with van der Waals surface area (Å²) >= 11 is 1.83. The average molecular weight is 328 g/mol. The van der Waals surface area contributed by atoms with Crippen molar-refractivity contribution in [1.29, 1.82) is 0 Å². The van der Waals surface area contributed by atoms with Crippen LogP contribution in [0.3, 0.4) is 0 Å². The maximum absolute atomic E-state index is 14.3. The van der Waals surface area contributed by atoms with Crippen LogP contribution in [-0.2, 0) is 11.2 Å². The van der Waals surface area contributed by atoms with Crippen LogP contribution in [0.4, 0.5) is 4.39 Å². The molecule has 0 amide bonds. The highest BCUT2D eigenvalue weighted by atomic mass is 32.1. The van der Waals surface area contributed by atoms with Crippen molar-refractivity contribution < 1.29 is 14.3 Å². The van der Waals surface area contributed by atoms with Crippen LogP contribution < -0.4 is 0 Å². The Balaban J connectivity index is 2.41. The van der Waals surface area contributed by atoms with Gasteiger partial charge in [0, 0.05) is 16.2 Å². The zero-order valence-electron chi connectivity index (χ0n) is 14.4. The lowest BCUT2D eigenvalue weighted by Crippen LogP contribution is -2.16. The Kier molecular flexibility index (Phi) is 7.54. The lowest BCUT2D eigenvalue weighted by atomic mass is 9.91. The molecule has 2 nitrogen and oxygen atoms in total. The molecule has 126 valence electrons. The Bertz CT molecular complexity index is 496. The van der Waals surface area contributed by atoms with Gasteiger partial charge in [-0.05, 0) is 69.4 Å². The molecule has 3 atom stereocenters. The number of aliphatic carboxylic acids is 1. The third-order valence-corrected chi connectivity index (χ3v) is 5.80. The highest BCUT2D eigenvalue weighted by molar-refractivity contribution is 7.12. The Morgan fingerprint density at radius 2 is 1.77 bits per heavy atom. The molecule has 0 aliphatic rings. The van der Waals surface area contributed by atoms with Crippen LogP contribution >= 0.6 is 11.3 Å². The van der Waals surface area contributed by atoms with Crippen LogP contribution in [0.2, 0.25) is 0 Å². The van der Waals surface area contributed by atoms with Crippen LogP contribution in [0.15, 0.2) is 0 Å². The first kappa shape index (κ1) is 19.1. The summed E-state index contributed by atoms with van der Waals surface area (Å²) in [6.45, 7) is 10.3. The lowest BCUT2D eigenvalue weighted by molar-refractivity contribution is -0.138. The number of carbonyl (C=O) groups is 1. The summed E-state index contributed by atoms with van der Waals surface area (Å²) in [4.78, 5) is 13.3. The van der Waals surface area contributed by atoms with Gasteiger partial charge in [0.1, 0.15) is 6.17 Å². The van der Waals surface area contributed by atoms with Gasteiger partial charge < -0.3 is 5.11 Å². The minimum atomic E-state index is -0.836. The predicted molar refractivity (Wildman–Crippen MR) is 91.6 cm³/mol. The summed E-state index contributed by atoms with van der Waals surface area (Å²) < 4.78 is 14.3. The zero-order valence-corrected chi connectivity index (χ0v) is 15.2. The molecular weight excluding hydrogens is 299 g/mol. The normalized spacial score (nSPS) is 15.5. The molecular formula is C18H29FO2S. The zero-order chi connectivity index (χ0) is 16.9. The van der Waals surface area contributed by atoms with Gasteiger partial charge in [0.05, 0.1) is 0 Å². The third-order valence-electron chi connectivity index (χ3n) is 4.64. The van der Waals surface area contributed by atoms with E-state index >= 15 is 0 Å². The largest absolute Gasteiger partial charge is 0.481 e. The van der Waals surface area contributed by atoms with E-state index in [1.807, 2.05) is 25.2 Å². The SMILES string of the molecule is Cc1sc(C)c(CCC(C)C(F)CCC(C)CC(=O)O)c1C. The second-order valence-corrected chi connectivity index (χ2v) is 8.06. The maximum Gasteiger partial charge on any atom is 0.303 e. The number of hydrogen-bond acceptors (Lipinski definition) is 2. The van der Waals surface area contributed by atoms with E-state index in [-0.39, 0.29) is 18.3 Å². The minimum Gasteiger partial charge on any atom is -0.481 e. The van der Waals surface area contributed by atoms with Gasteiger partial charge in [0.2, 0.25) is 0 Å². The first-order chi connectivity index (χ1) is 10.2. The molecule has 0 saturated heterocycles. The second kappa shape index (κ2) is 8.66. The fraction of sp³-hybridized carbons (Fsp3) is 0.722. The van der Waals surface area contributed by atoms with Crippen LogP contribution in [0, 0.1) is 32.6 Å². The van der Waals surface area contributed by atoms with E-state index in [0.29, 0.717) is 12.8 Å². The van der Waals surface area contributed by atoms with E-state index < -0.39 is 12.1 Å². The predicted octanol–water partition coefficient (Wildman–Crippen LogP) is 5.47. The van der Waals surface area contributed by atoms with Gasteiger partial charge in [-0.2, -0.15) is 0 Å². The molecule has 0 radical (unpaired) electrons. The summed E-state index contributed by atoms with van der Waals surface area (Å²) in [6, 6.07) is 0. The fourth-order valence-electron chi connectivity index (χ4n) is 2.89. The summed E-state index contributed by atoms with van der Waals surface area (Å²) in [5.74, 6) is -0.724. The van der Waals surface area contributed by atoms with Crippen molar-refractivity contribution in [1.82, 2.24) is 0 Å². The van der Waals surface area contributed by atoms with Crippen molar-refractivity contribution in [2.45, 2.75) is 72.9 Å². The monoisotopic (exact) mass is 328 g/mol. The maximum atomic E-state index is 14.3. The van der Waals surface area contributed by atoms with Gasteiger partial charge in [-0.3, -0.25) is 4.79 Å². The van der Waals surface area contributed by atoms with Crippen molar-refractivity contribution in [2.75, 3.05) is 0 Å². The van der Waals surface area contributed by atoms with Gasteiger partial charge in [-0.1, -0.05) is 13.8 Å². The minimum absolute atomic E-state index is 0.0241. The Morgan fingerprint density at radius 1 is 1.14 bits per heavy atom. The molecule has 1 aromatic rings. The highest BCUT2D eigenvalue weighted by Gasteiger charge is 2.19. The van der Waals surface area contributed by atoms with Crippen molar-refractivity contribution in [3.8, 4) is 0 Å². The van der Waals surface area contributed by atoms with Crippen molar-refractivity contribution in [3.63, 3.8) is 0 Å². The molecule has 0 saturated carbocycles. The molecule has 22 heavy (non-hydrogen) atoms. The lowest BCUT2D eigenvalue weighted by Gasteiger charge is -2.18. The van der Waals surface area contributed by atoms with Crippen LogP contribution in [-0.4, -0.2) is 17.2 Å². The third kappa shape index (κ3) is 5.71.